The van der Waals surface area contributed by atoms with E-state index in [1.165, 1.54) is 4.68 Å². The van der Waals surface area contributed by atoms with Crippen molar-refractivity contribution >= 4 is 39.8 Å². The summed E-state index contributed by atoms with van der Waals surface area (Å²) in [5, 5.41) is 9.31. The lowest BCUT2D eigenvalue weighted by Gasteiger charge is -2.19. The van der Waals surface area contributed by atoms with Gasteiger partial charge in [0.15, 0.2) is 5.82 Å². The molecule has 1 aliphatic rings. The fourth-order valence-electron chi connectivity index (χ4n) is 3.49. The van der Waals surface area contributed by atoms with Gasteiger partial charge in [0.05, 0.1) is 5.39 Å². The van der Waals surface area contributed by atoms with Crippen LogP contribution in [-0.2, 0) is 11.3 Å². The van der Waals surface area contributed by atoms with E-state index in [0.717, 1.165) is 42.7 Å². The highest BCUT2D eigenvalue weighted by Crippen LogP contribution is 2.25. The van der Waals surface area contributed by atoms with E-state index in [1.807, 2.05) is 31.2 Å². The molecule has 0 aliphatic carbocycles. The Morgan fingerprint density at radius 3 is 2.57 bits per heavy atom. The number of benzene rings is 2. The normalized spacial score (nSPS) is 13.9. The zero-order chi connectivity index (χ0) is 19.7. The van der Waals surface area contributed by atoms with E-state index in [-0.39, 0.29) is 18.0 Å². The van der Waals surface area contributed by atoms with E-state index in [0.29, 0.717) is 16.1 Å². The molecule has 1 amide bonds. The molecule has 2 heterocycles. The van der Waals surface area contributed by atoms with Crippen molar-refractivity contribution in [1.82, 2.24) is 9.78 Å². The molecule has 1 saturated heterocycles. The summed E-state index contributed by atoms with van der Waals surface area (Å²) in [5.41, 5.74) is 1.26. The lowest BCUT2D eigenvalue weighted by atomic mass is 10.2. The van der Waals surface area contributed by atoms with E-state index < -0.39 is 0 Å². The molecule has 0 radical (unpaired) electrons. The van der Waals surface area contributed by atoms with Crippen LogP contribution in [0.2, 0.25) is 5.02 Å². The number of carbonyl (C=O) groups excluding carboxylic acids is 1. The van der Waals surface area contributed by atoms with Crippen LogP contribution in [0.15, 0.2) is 47.3 Å². The second-order valence-electron chi connectivity index (χ2n) is 7.04. The molecule has 1 aromatic heterocycles. The summed E-state index contributed by atoms with van der Waals surface area (Å²) in [6.07, 6.45) is 2.20. The molecule has 0 unspecified atom stereocenters. The molecule has 144 valence electrons. The van der Waals surface area contributed by atoms with Gasteiger partial charge in [-0.25, -0.2) is 4.68 Å². The molecule has 28 heavy (non-hydrogen) atoms. The average Bonchev–Trinajstić information content (AvgIpc) is 3.21. The zero-order valence-electron chi connectivity index (χ0n) is 15.6. The van der Waals surface area contributed by atoms with Crippen molar-refractivity contribution < 1.29 is 4.79 Å². The monoisotopic (exact) mass is 396 g/mol. The van der Waals surface area contributed by atoms with Crippen LogP contribution in [0.3, 0.4) is 0 Å². The van der Waals surface area contributed by atoms with Crippen LogP contribution in [-0.4, -0.2) is 28.8 Å². The van der Waals surface area contributed by atoms with Gasteiger partial charge in [0, 0.05) is 29.2 Å². The highest BCUT2D eigenvalue weighted by Gasteiger charge is 2.20. The third-order valence-electron chi connectivity index (χ3n) is 5.00. The number of aromatic nitrogens is 2. The second-order valence-corrected chi connectivity index (χ2v) is 7.45. The molecule has 1 fully saturated rings. The molecular formula is C21H21ClN4O2. The van der Waals surface area contributed by atoms with Crippen molar-refractivity contribution in [3.05, 3.63) is 63.4 Å². The van der Waals surface area contributed by atoms with Gasteiger partial charge in [-0.15, -0.1) is 0 Å². The number of nitrogens with zero attached hydrogens (tertiary/aromatic N) is 3. The van der Waals surface area contributed by atoms with Crippen molar-refractivity contribution in [3.8, 4) is 0 Å². The number of halogens is 1. The van der Waals surface area contributed by atoms with Gasteiger partial charge in [-0.3, -0.25) is 9.59 Å². The van der Waals surface area contributed by atoms with Crippen molar-refractivity contribution in [2.24, 2.45) is 0 Å². The molecule has 7 heteroatoms. The standard InChI is InChI=1S/C21H21ClN4O2/c1-14-8-9-15(12-18(14)22)23-19(27)13-26-21(28)17-7-3-2-6-16(17)20(24-26)25-10-4-5-11-25/h2-3,6-9,12H,4-5,10-11,13H2,1H3,(H,23,27). The lowest BCUT2D eigenvalue weighted by molar-refractivity contribution is -0.117. The van der Waals surface area contributed by atoms with Crippen LogP contribution in [0.5, 0.6) is 0 Å². The topological polar surface area (TPSA) is 67.2 Å². The van der Waals surface area contributed by atoms with Gasteiger partial charge in [-0.05, 0) is 43.5 Å². The first-order valence-corrected chi connectivity index (χ1v) is 9.71. The molecule has 1 aliphatic heterocycles. The first kappa shape index (κ1) is 18.5. The van der Waals surface area contributed by atoms with Gasteiger partial charge in [0.2, 0.25) is 5.91 Å². The number of hydrogen-bond acceptors (Lipinski definition) is 4. The summed E-state index contributed by atoms with van der Waals surface area (Å²) in [7, 11) is 0. The molecule has 3 aromatic rings. The van der Waals surface area contributed by atoms with Crippen molar-refractivity contribution in [1.29, 1.82) is 0 Å². The number of aryl methyl sites for hydroxylation is 1. The Hall–Kier alpha value is -2.86. The van der Waals surface area contributed by atoms with Crippen LogP contribution in [0.1, 0.15) is 18.4 Å². The van der Waals surface area contributed by atoms with E-state index in [9.17, 15) is 9.59 Å². The summed E-state index contributed by atoms with van der Waals surface area (Å²) >= 11 is 6.12. The number of nitrogens with one attached hydrogen (secondary N) is 1. The third kappa shape index (κ3) is 3.60. The van der Waals surface area contributed by atoms with E-state index >= 15 is 0 Å². The zero-order valence-corrected chi connectivity index (χ0v) is 16.4. The second kappa shape index (κ2) is 7.64. The predicted octanol–water partition coefficient (Wildman–Crippen LogP) is 3.60. The van der Waals surface area contributed by atoms with Crippen molar-refractivity contribution in [2.45, 2.75) is 26.3 Å². The van der Waals surface area contributed by atoms with Crippen LogP contribution in [0.4, 0.5) is 11.5 Å². The summed E-state index contributed by atoms with van der Waals surface area (Å²) in [6, 6.07) is 12.7. The molecule has 1 N–H and O–H groups in total. The van der Waals surface area contributed by atoms with Gasteiger partial charge in [0.1, 0.15) is 6.54 Å². The predicted molar refractivity (Wildman–Crippen MR) is 112 cm³/mol. The number of carbonyl (C=O) groups is 1. The minimum atomic E-state index is -0.322. The van der Waals surface area contributed by atoms with E-state index in [1.54, 1.807) is 18.2 Å². The highest BCUT2D eigenvalue weighted by molar-refractivity contribution is 6.31. The minimum Gasteiger partial charge on any atom is -0.355 e. The number of anilines is 2. The SMILES string of the molecule is Cc1ccc(NC(=O)Cn2nc(N3CCCC3)c3ccccc3c2=O)cc1Cl. The van der Waals surface area contributed by atoms with E-state index in [2.05, 4.69) is 15.3 Å². The fourth-order valence-corrected chi connectivity index (χ4v) is 3.67. The highest BCUT2D eigenvalue weighted by atomic mass is 35.5. The quantitative estimate of drug-likeness (QED) is 0.731. The van der Waals surface area contributed by atoms with Gasteiger partial charge in [-0.1, -0.05) is 35.9 Å². The third-order valence-corrected chi connectivity index (χ3v) is 5.41. The van der Waals surface area contributed by atoms with Crippen molar-refractivity contribution in [2.75, 3.05) is 23.3 Å². The molecule has 0 atom stereocenters. The maximum atomic E-state index is 12.9. The van der Waals surface area contributed by atoms with Gasteiger partial charge < -0.3 is 10.2 Å². The average molecular weight is 397 g/mol. The van der Waals surface area contributed by atoms with Gasteiger partial charge >= 0.3 is 0 Å². The smallest absolute Gasteiger partial charge is 0.275 e. The largest absolute Gasteiger partial charge is 0.355 e. The Morgan fingerprint density at radius 1 is 1.14 bits per heavy atom. The fraction of sp³-hybridized carbons (Fsp3) is 0.286. The summed E-state index contributed by atoms with van der Waals surface area (Å²) in [6.45, 7) is 3.55. The molecule has 0 bridgehead atoms. The molecule has 6 nitrogen and oxygen atoms in total. The van der Waals surface area contributed by atoms with Crippen LogP contribution in [0.25, 0.3) is 10.8 Å². The van der Waals surface area contributed by atoms with E-state index in [4.69, 9.17) is 11.6 Å². The molecule has 4 rings (SSSR count). The first-order valence-electron chi connectivity index (χ1n) is 9.34. The molecular weight excluding hydrogens is 376 g/mol. The Bertz CT molecular complexity index is 1100. The van der Waals surface area contributed by atoms with Crippen molar-refractivity contribution in [3.63, 3.8) is 0 Å². The summed E-state index contributed by atoms with van der Waals surface area (Å²) < 4.78 is 1.25. The van der Waals surface area contributed by atoms with Gasteiger partial charge in [0.25, 0.3) is 5.56 Å². The first-order chi connectivity index (χ1) is 13.5. The Morgan fingerprint density at radius 2 is 1.86 bits per heavy atom. The number of fused-ring (bicyclic) bond motifs is 1. The Kier molecular flexibility index (Phi) is 5.05. The van der Waals surface area contributed by atoms with Crippen LogP contribution >= 0.6 is 11.6 Å². The van der Waals surface area contributed by atoms with Crippen LogP contribution < -0.4 is 15.8 Å². The maximum absolute atomic E-state index is 12.9. The number of hydrogen-bond donors (Lipinski definition) is 1. The Labute approximate surface area is 167 Å². The Balaban J connectivity index is 1.66. The minimum absolute atomic E-state index is 0.157. The summed E-state index contributed by atoms with van der Waals surface area (Å²) in [4.78, 5) is 27.6. The summed E-state index contributed by atoms with van der Waals surface area (Å²) in [5.74, 6) is 0.441. The maximum Gasteiger partial charge on any atom is 0.275 e. The van der Waals surface area contributed by atoms with Crippen LogP contribution in [0, 0.1) is 6.92 Å². The molecule has 2 aromatic carbocycles. The molecule has 0 spiro atoms. The molecule has 0 saturated carbocycles. The lowest BCUT2D eigenvalue weighted by Crippen LogP contribution is -2.32. The number of amides is 1. The van der Waals surface area contributed by atoms with Gasteiger partial charge in [-0.2, -0.15) is 5.10 Å². The number of rotatable bonds is 4.